The number of nitrogens with one attached hydrogen (secondary N) is 1. The average molecular weight is 317 g/mol. The number of ether oxygens (including phenoxy) is 1. The van der Waals surface area contributed by atoms with E-state index in [-0.39, 0.29) is 34.1 Å². The average Bonchev–Trinajstić information content (AvgIpc) is 2.33. The van der Waals surface area contributed by atoms with Gasteiger partial charge in [0.15, 0.2) is 0 Å². The fourth-order valence-corrected chi connectivity index (χ4v) is 2.40. The highest BCUT2D eigenvalue weighted by Crippen LogP contribution is 2.24. The predicted octanol–water partition coefficient (Wildman–Crippen LogP) is 1.56. The van der Waals surface area contributed by atoms with Crippen LogP contribution in [-0.4, -0.2) is 22.1 Å². The molecule has 1 heterocycles. The second-order valence-electron chi connectivity index (χ2n) is 3.93. The molecule has 0 aliphatic rings. The Hall–Kier alpha value is -1.79. The van der Waals surface area contributed by atoms with Crippen LogP contribution >= 0.6 is 23.2 Å². The first-order chi connectivity index (χ1) is 9.43. The number of hydrogen-bond donors (Lipinski definition) is 1. The number of carbonyl (C=O) groups is 1. The van der Waals surface area contributed by atoms with E-state index in [2.05, 4.69) is 4.98 Å². The van der Waals surface area contributed by atoms with E-state index in [4.69, 9.17) is 27.9 Å². The lowest BCUT2D eigenvalue weighted by molar-refractivity contribution is -0.143. The summed E-state index contributed by atoms with van der Waals surface area (Å²) >= 11 is 11.8. The number of rotatable bonds is 3. The van der Waals surface area contributed by atoms with Crippen LogP contribution in [0.3, 0.4) is 0 Å². The molecule has 0 atom stereocenters. The Morgan fingerprint density at radius 2 is 2.05 bits per heavy atom. The lowest BCUT2D eigenvalue weighted by Gasteiger charge is -2.10. The molecule has 20 heavy (non-hydrogen) atoms. The molecule has 0 fully saturated rings. The predicted molar refractivity (Wildman–Crippen MR) is 75.5 cm³/mol. The zero-order chi connectivity index (χ0) is 14.9. The molecule has 106 valence electrons. The van der Waals surface area contributed by atoms with Crippen LogP contribution in [0.4, 0.5) is 0 Å². The molecule has 0 bridgehead atoms. The van der Waals surface area contributed by atoms with Crippen LogP contribution in [0.1, 0.15) is 6.92 Å². The maximum Gasteiger partial charge on any atom is 0.329 e. The van der Waals surface area contributed by atoms with Gasteiger partial charge in [0.05, 0.1) is 22.5 Å². The molecule has 0 radical (unpaired) electrons. The topological polar surface area (TPSA) is 81.2 Å². The van der Waals surface area contributed by atoms with Gasteiger partial charge in [-0.3, -0.25) is 19.1 Å². The normalized spacial score (nSPS) is 10.8. The maximum absolute atomic E-state index is 11.8. The third kappa shape index (κ3) is 2.71. The summed E-state index contributed by atoms with van der Waals surface area (Å²) in [4.78, 5) is 37.2. The number of hydrogen-bond acceptors (Lipinski definition) is 4. The van der Waals surface area contributed by atoms with Crippen molar-refractivity contribution in [2.45, 2.75) is 13.5 Å². The minimum absolute atomic E-state index is 0.0972. The summed E-state index contributed by atoms with van der Waals surface area (Å²) in [5.74, 6) is -0.598. The Labute approximate surface area is 122 Å². The third-order valence-corrected chi connectivity index (χ3v) is 3.13. The summed E-state index contributed by atoms with van der Waals surface area (Å²) < 4.78 is 5.85. The molecule has 1 aromatic carbocycles. The summed E-state index contributed by atoms with van der Waals surface area (Å²) in [7, 11) is 0. The molecule has 0 unspecified atom stereocenters. The van der Waals surface area contributed by atoms with Crippen molar-refractivity contribution in [2.75, 3.05) is 6.61 Å². The molecule has 8 heteroatoms. The van der Waals surface area contributed by atoms with Gasteiger partial charge in [0.25, 0.3) is 5.56 Å². The van der Waals surface area contributed by atoms with E-state index in [1.807, 2.05) is 0 Å². The first kappa shape index (κ1) is 14.6. The number of esters is 1. The SMILES string of the molecule is CCOC(=O)Cn1c(=O)[nH]c(=O)c2c(Cl)cc(Cl)cc21. The van der Waals surface area contributed by atoms with Gasteiger partial charge in [-0.15, -0.1) is 0 Å². The summed E-state index contributed by atoms with van der Waals surface area (Å²) in [6, 6.07) is 2.79. The monoisotopic (exact) mass is 316 g/mol. The fourth-order valence-electron chi connectivity index (χ4n) is 1.83. The van der Waals surface area contributed by atoms with Crippen LogP contribution in [0.2, 0.25) is 10.0 Å². The molecule has 2 rings (SSSR count). The molecule has 1 aromatic heterocycles. The van der Waals surface area contributed by atoms with Crippen molar-refractivity contribution < 1.29 is 9.53 Å². The van der Waals surface area contributed by atoms with E-state index < -0.39 is 17.2 Å². The highest BCUT2D eigenvalue weighted by atomic mass is 35.5. The molecule has 1 N–H and O–H groups in total. The van der Waals surface area contributed by atoms with Gasteiger partial charge in [-0.25, -0.2) is 4.79 Å². The Morgan fingerprint density at radius 3 is 2.70 bits per heavy atom. The molecule has 0 saturated carbocycles. The minimum atomic E-state index is -0.728. The van der Waals surface area contributed by atoms with E-state index in [1.165, 1.54) is 12.1 Å². The number of halogens is 2. The number of benzene rings is 1. The highest BCUT2D eigenvalue weighted by Gasteiger charge is 2.14. The van der Waals surface area contributed by atoms with Gasteiger partial charge in [0, 0.05) is 5.02 Å². The number of aromatic nitrogens is 2. The zero-order valence-corrected chi connectivity index (χ0v) is 11.9. The smallest absolute Gasteiger partial charge is 0.329 e. The van der Waals surface area contributed by atoms with Gasteiger partial charge < -0.3 is 4.74 Å². The van der Waals surface area contributed by atoms with Crippen molar-refractivity contribution in [2.24, 2.45) is 0 Å². The lowest BCUT2D eigenvalue weighted by Crippen LogP contribution is -2.33. The Kier molecular flexibility index (Phi) is 4.15. The molecule has 0 aliphatic heterocycles. The molecular formula is C12H10Cl2N2O4. The largest absolute Gasteiger partial charge is 0.465 e. The second kappa shape index (κ2) is 5.68. The summed E-state index contributed by atoms with van der Waals surface area (Å²) in [5.41, 5.74) is -1.18. The van der Waals surface area contributed by atoms with Crippen LogP contribution in [0, 0.1) is 0 Å². The maximum atomic E-state index is 11.8. The molecular weight excluding hydrogens is 307 g/mol. The lowest BCUT2D eigenvalue weighted by atomic mass is 10.2. The molecule has 2 aromatic rings. The first-order valence-corrected chi connectivity index (χ1v) is 6.47. The Bertz CT molecular complexity index is 794. The molecule has 0 amide bonds. The quantitative estimate of drug-likeness (QED) is 0.871. The third-order valence-electron chi connectivity index (χ3n) is 2.61. The van der Waals surface area contributed by atoms with Crippen molar-refractivity contribution in [3.05, 3.63) is 43.0 Å². The van der Waals surface area contributed by atoms with Crippen LogP contribution in [-0.2, 0) is 16.1 Å². The fraction of sp³-hybridized carbons (Fsp3) is 0.250. The standard InChI is InChI=1S/C12H10Cl2N2O4/c1-2-20-9(17)5-16-8-4-6(13)3-7(14)10(8)11(18)15-12(16)19/h3-4H,2,5H2,1H3,(H,15,18,19). The van der Waals surface area contributed by atoms with Gasteiger partial charge in [-0.1, -0.05) is 23.2 Å². The van der Waals surface area contributed by atoms with Gasteiger partial charge in [0.2, 0.25) is 0 Å². The zero-order valence-electron chi connectivity index (χ0n) is 10.4. The molecule has 0 aliphatic carbocycles. The first-order valence-electron chi connectivity index (χ1n) is 5.71. The van der Waals surface area contributed by atoms with Gasteiger partial charge >= 0.3 is 11.7 Å². The van der Waals surface area contributed by atoms with Gasteiger partial charge in [0.1, 0.15) is 6.54 Å². The number of nitrogens with zero attached hydrogens (tertiary/aromatic N) is 1. The van der Waals surface area contributed by atoms with E-state index in [9.17, 15) is 14.4 Å². The van der Waals surface area contributed by atoms with Gasteiger partial charge in [-0.2, -0.15) is 0 Å². The van der Waals surface area contributed by atoms with E-state index >= 15 is 0 Å². The van der Waals surface area contributed by atoms with E-state index in [0.717, 1.165) is 4.57 Å². The highest BCUT2D eigenvalue weighted by molar-refractivity contribution is 6.38. The second-order valence-corrected chi connectivity index (χ2v) is 4.78. The molecule has 6 nitrogen and oxygen atoms in total. The van der Waals surface area contributed by atoms with Crippen LogP contribution < -0.4 is 11.2 Å². The summed E-state index contributed by atoms with van der Waals surface area (Å²) in [6.07, 6.45) is 0. The number of H-pyrrole nitrogens is 1. The van der Waals surface area contributed by atoms with Crippen molar-refractivity contribution in [1.82, 2.24) is 9.55 Å². The van der Waals surface area contributed by atoms with Crippen LogP contribution in [0.25, 0.3) is 10.9 Å². The van der Waals surface area contributed by atoms with Crippen LogP contribution in [0.5, 0.6) is 0 Å². The number of fused-ring (bicyclic) bond motifs is 1. The van der Waals surface area contributed by atoms with Crippen molar-refractivity contribution in [3.8, 4) is 0 Å². The van der Waals surface area contributed by atoms with Gasteiger partial charge in [-0.05, 0) is 19.1 Å². The van der Waals surface area contributed by atoms with Crippen LogP contribution in [0.15, 0.2) is 21.7 Å². The summed E-state index contributed by atoms with van der Waals surface area (Å²) in [6.45, 7) is 1.51. The van der Waals surface area contributed by atoms with E-state index in [1.54, 1.807) is 6.92 Å². The van der Waals surface area contributed by atoms with E-state index in [0.29, 0.717) is 0 Å². The minimum Gasteiger partial charge on any atom is -0.465 e. The van der Waals surface area contributed by atoms with Crippen molar-refractivity contribution >= 4 is 40.1 Å². The Balaban J connectivity index is 2.74. The Morgan fingerprint density at radius 1 is 1.35 bits per heavy atom. The number of aromatic amines is 1. The summed E-state index contributed by atoms with van der Waals surface area (Å²) in [5, 5.41) is 0.455. The number of carbonyl (C=O) groups excluding carboxylic acids is 1. The molecule has 0 saturated heterocycles. The molecule has 0 spiro atoms. The van der Waals surface area contributed by atoms with Crippen molar-refractivity contribution in [1.29, 1.82) is 0 Å². The van der Waals surface area contributed by atoms with Crippen molar-refractivity contribution in [3.63, 3.8) is 0 Å².